The lowest BCUT2D eigenvalue weighted by Gasteiger charge is -2.33. The Balaban J connectivity index is 1.76. The molecule has 0 aliphatic carbocycles. The third-order valence-electron chi connectivity index (χ3n) is 6.92. The van der Waals surface area contributed by atoms with Gasteiger partial charge in [-0.2, -0.15) is 5.10 Å². The summed E-state index contributed by atoms with van der Waals surface area (Å²) in [6.45, 7) is 14.9. The van der Waals surface area contributed by atoms with Crippen molar-refractivity contribution in [2.24, 2.45) is 0 Å². The highest BCUT2D eigenvalue weighted by Gasteiger charge is 2.35. The van der Waals surface area contributed by atoms with Crippen LogP contribution in [-0.2, 0) is 29.5 Å². The van der Waals surface area contributed by atoms with Gasteiger partial charge in [-0.15, -0.1) is 0 Å². The van der Waals surface area contributed by atoms with Crippen LogP contribution in [0.2, 0.25) is 0 Å². The van der Waals surface area contributed by atoms with Gasteiger partial charge < -0.3 is 15.0 Å². The van der Waals surface area contributed by atoms with E-state index in [4.69, 9.17) is 9.84 Å². The number of aryl methyl sites for hydroxylation is 2. The van der Waals surface area contributed by atoms with Crippen molar-refractivity contribution in [2.75, 3.05) is 43.1 Å². The Morgan fingerprint density at radius 1 is 1.10 bits per heavy atom. The number of hydrogen-bond donors (Lipinski definition) is 1. The van der Waals surface area contributed by atoms with Crippen LogP contribution < -0.4 is 10.2 Å². The predicted octanol–water partition coefficient (Wildman–Crippen LogP) is 4.38. The molecular formula is C24H36N4O. The van der Waals surface area contributed by atoms with E-state index in [0.29, 0.717) is 0 Å². The molecule has 0 radical (unpaired) electrons. The van der Waals surface area contributed by atoms with Crippen molar-refractivity contribution in [3.05, 3.63) is 40.6 Å². The lowest BCUT2D eigenvalue weighted by Crippen LogP contribution is -2.37. The fourth-order valence-corrected chi connectivity index (χ4v) is 4.91. The Labute approximate surface area is 175 Å². The van der Waals surface area contributed by atoms with Crippen LogP contribution >= 0.6 is 0 Å². The van der Waals surface area contributed by atoms with E-state index in [1.54, 1.807) is 0 Å². The van der Waals surface area contributed by atoms with Crippen molar-refractivity contribution < 1.29 is 4.74 Å². The molecule has 2 aromatic rings. The van der Waals surface area contributed by atoms with Crippen LogP contribution in [-0.4, -0.2) is 42.6 Å². The van der Waals surface area contributed by atoms with Gasteiger partial charge in [-0.25, -0.2) is 4.68 Å². The van der Waals surface area contributed by atoms with Crippen molar-refractivity contribution in [3.8, 4) is 0 Å². The number of anilines is 2. The molecular weight excluding hydrogens is 360 g/mol. The predicted molar refractivity (Wildman–Crippen MR) is 120 cm³/mol. The second-order valence-electron chi connectivity index (χ2n) is 8.51. The normalized spacial score (nSPS) is 18.8. The smallest absolute Gasteiger partial charge is 0.127 e. The largest absolute Gasteiger partial charge is 0.378 e. The van der Waals surface area contributed by atoms with Crippen LogP contribution in [0.25, 0.3) is 0 Å². The maximum atomic E-state index is 5.56. The van der Waals surface area contributed by atoms with E-state index >= 15 is 0 Å². The molecule has 1 fully saturated rings. The first kappa shape index (κ1) is 20.3. The van der Waals surface area contributed by atoms with Crippen LogP contribution in [0.4, 0.5) is 11.5 Å². The molecule has 1 atom stereocenters. The number of morpholine rings is 1. The molecule has 1 aromatic heterocycles. The van der Waals surface area contributed by atoms with Gasteiger partial charge in [0.05, 0.1) is 18.9 Å². The fraction of sp³-hybridized carbons (Fsp3) is 0.625. The minimum Gasteiger partial charge on any atom is -0.378 e. The van der Waals surface area contributed by atoms with E-state index in [1.807, 2.05) is 0 Å². The molecule has 5 heteroatoms. The number of aromatic nitrogens is 2. The van der Waals surface area contributed by atoms with Crippen LogP contribution in [0.3, 0.4) is 0 Å². The van der Waals surface area contributed by atoms with Crippen LogP contribution in [0.15, 0.2) is 18.2 Å². The van der Waals surface area contributed by atoms with Crippen molar-refractivity contribution in [2.45, 2.75) is 65.3 Å². The summed E-state index contributed by atoms with van der Waals surface area (Å²) in [6.07, 6.45) is 4.24. The van der Waals surface area contributed by atoms with Gasteiger partial charge in [0.1, 0.15) is 5.82 Å². The van der Waals surface area contributed by atoms with Crippen molar-refractivity contribution in [1.82, 2.24) is 9.78 Å². The maximum absolute atomic E-state index is 5.56. The van der Waals surface area contributed by atoms with Crippen LogP contribution in [0, 0.1) is 0 Å². The summed E-state index contributed by atoms with van der Waals surface area (Å²) < 4.78 is 7.76. The third-order valence-corrected chi connectivity index (χ3v) is 6.92. The van der Waals surface area contributed by atoms with Gasteiger partial charge in [-0.3, -0.25) is 0 Å². The highest BCUT2D eigenvalue weighted by Crippen LogP contribution is 2.41. The average Bonchev–Trinajstić information content (AvgIpc) is 3.18. The first-order chi connectivity index (χ1) is 14.1. The monoisotopic (exact) mass is 396 g/mol. The van der Waals surface area contributed by atoms with Crippen molar-refractivity contribution >= 4 is 11.5 Å². The van der Waals surface area contributed by atoms with E-state index in [2.05, 4.69) is 60.8 Å². The quantitative estimate of drug-likeness (QED) is 0.787. The molecule has 1 aromatic carbocycles. The third kappa shape index (κ3) is 3.54. The Kier molecular flexibility index (Phi) is 5.86. The van der Waals surface area contributed by atoms with Gasteiger partial charge in [-0.05, 0) is 49.8 Å². The summed E-state index contributed by atoms with van der Waals surface area (Å²) >= 11 is 0. The highest BCUT2D eigenvalue weighted by molar-refractivity contribution is 5.59. The molecule has 0 amide bonds. The summed E-state index contributed by atoms with van der Waals surface area (Å²) in [4.78, 5) is 2.48. The molecule has 1 saturated heterocycles. The van der Waals surface area contributed by atoms with E-state index in [-0.39, 0.29) is 5.41 Å². The number of fused-ring (bicyclic) bond motifs is 1. The number of ether oxygens (including phenoxy) is 1. The van der Waals surface area contributed by atoms with Gasteiger partial charge in [0.2, 0.25) is 0 Å². The zero-order chi connectivity index (χ0) is 20.4. The Morgan fingerprint density at radius 2 is 1.90 bits per heavy atom. The molecule has 4 rings (SSSR count). The van der Waals surface area contributed by atoms with Gasteiger partial charge >= 0.3 is 0 Å². The second kappa shape index (κ2) is 8.39. The Morgan fingerprint density at radius 3 is 2.59 bits per heavy atom. The van der Waals surface area contributed by atoms with Crippen molar-refractivity contribution in [3.63, 3.8) is 0 Å². The molecule has 2 aliphatic heterocycles. The second-order valence-corrected chi connectivity index (χ2v) is 8.51. The molecule has 29 heavy (non-hydrogen) atoms. The maximum Gasteiger partial charge on any atom is 0.127 e. The molecule has 0 saturated carbocycles. The Hall–Kier alpha value is -2.01. The number of nitrogens with zero attached hydrogens (tertiary/aromatic N) is 3. The summed E-state index contributed by atoms with van der Waals surface area (Å²) in [6, 6.07) is 7.13. The van der Waals surface area contributed by atoms with E-state index < -0.39 is 0 Å². The summed E-state index contributed by atoms with van der Waals surface area (Å²) in [7, 11) is 0. The average molecular weight is 397 g/mol. The Bertz CT molecular complexity index is 853. The van der Waals surface area contributed by atoms with Gasteiger partial charge in [-0.1, -0.05) is 32.9 Å². The SMILES string of the molecule is CCc1cc(C(C)(CC)c2nn3c(c2CC)NCCC3)ccc1N1CCOCC1. The van der Waals surface area contributed by atoms with Crippen molar-refractivity contribution in [1.29, 1.82) is 0 Å². The summed E-state index contributed by atoms with van der Waals surface area (Å²) in [5, 5.41) is 8.74. The van der Waals surface area contributed by atoms with Crippen LogP contribution in [0.1, 0.15) is 62.9 Å². The number of rotatable bonds is 6. The van der Waals surface area contributed by atoms with Crippen LogP contribution in [0.5, 0.6) is 0 Å². The first-order valence-electron chi connectivity index (χ1n) is 11.4. The molecule has 5 nitrogen and oxygen atoms in total. The molecule has 0 bridgehead atoms. The number of nitrogens with one attached hydrogen (secondary N) is 1. The molecule has 1 unspecified atom stereocenters. The molecule has 0 spiro atoms. The van der Waals surface area contributed by atoms with Gasteiger partial charge in [0.25, 0.3) is 0 Å². The number of benzene rings is 1. The van der Waals surface area contributed by atoms with E-state index in [1.165, 1.54) is 33.9 Å². The minimum absolute atomic E-state index is 0.0785. The van der Waals surface area contributed by atoms with Gasteiger partial charge in [0.15, 0.2) is 0 Å². The highest BCUT2D eigenvalue weighted by atomic mass is 16.5. The standard InChI is InChI=1S/C24H36N4O/c1-5-18-17-19(9-10-21(18)27-13-15-29-16-14-27)24(4,7-3)22-20(6-2)23-25-11-8-12-28(23)26-22/h9-10,17,25H,5-8,11-16H2,1-4H3. The lowest BCUT2D eigenvalue weighted by molar-refractivity contribution is 0.122. The first-order valence-corrected chi connectivity index (χ1v) is 11.4. The molecule has 2 aliphatic rings. The fourth-order valence-electron chi connectivity index (χ4n) is 4.91. The number of hydrogen-bond acceptors (Lipinski definition) is 4. The molecule has 1 N–H and O–H groups in total. The van der Waals surface area contributed by atoms with E-state index in [9.17, 15) is 0 Å². The zero-order valence-corrected chi connectivity index (χ0v) is 18.6. The minimum atomic E-state index is -0.0785. The van der Waals surface area contributed by atoms with E-state index in [0.717, 1.165) is 65.1 Å². The molecule has 3 heterocycles. The molecule has 158 valence electrons. The zero-order valence-electron chi connectivity index (χ0n) is 18.6. The summed E-state index contributed by atoms with van der Waals surface area (Å²) in [5.41, 5.74) is 6.77. The lowest BCUT2D eigenvalue weighted by atomic mass is 9.74. The summed E-state index contributed by atoms with van der Waals surface area (Å²) in [5.74, 6) is 1.24. The topological polar surface area (TPSA) is 42.3 Å². The van der Waals surface area contributed by atoms with Gasteiger partial charge in [0, 0.05) is 42.8 Å².